The van der Waals surface area contributed by atoms with Crippen molar-refractivity contribution in [3.05, 3.63) is 0 Å². The van der Waals surface area contributed by atoms with Crippen molar-refractivity contribution in [1.82, 2.24) is 52.9 Å². The normalized spacial score (nSPS) is 12.2. The lowest BCUT2D eigenvalue weighted by Gasteiger charge is -2.12. The summed E-state index contributed by atoms with van der Waals surface area (Å²) in [5, 5.41) is 29.9. The quantitative estimate of drug-likeness (QED) is 0.0204. The number of nitrogens with zero attached hydrogens (tertiary/aromatic N) is 1. The molecule has 0 aromatic carbocycles. The van der Waals surface area contributed by atoms with Gasteiger partial charge in [-0.25, -0.2) is 4.79 Å². The molecule has 0 radical (unpaired) electrons. The van der Waals surface area contributed by atoms with Crippen molar-refractivity contribution in [3.8, 4) is 0 Å². The molecular weight excluding hydrogens is 887 g/mol. The standard InChI is InChI=1S/C20H46N6O4.C14H23NO7.C10H28N6/c1-28-16-17-30-19-18-29-15-3-2-4-20(27)26-14-13-25-12-11-24-10-9-23-8-7-22-6-5-21;1-19-8-9-21-11-10-20-7-3-2-4-14(18)22-15-12(16)5-6-13(15)17;11-1-3-13-5-7-15-9-10-16-8-6-14-4-2-12/h22-25H,2-19,21H2,1H3,(H,26,27);2-11H2,1H3;13-16H,1-12H2. The van der Waals surface area contributed by atoms with Gasteiger partial charge in [0.15, 0.2) is 0 Å². The number of carbonyl (C=O) groups is 4. The van der Waals surface area contributed by atoms with E-state index in [-0.39, 0.29) is 25.2 Å². The van der Waals surface area contributed by atoms with Crippen LogP contribution in [-0.2, 0) is 52.4 Å². The van der Waals surface area contributed by atoms with Crippen molar-refractivity contribution in [2.45, 2.75) is 51.4 Å². The van der Waals surface area contributed by atoms with Crippen LogP contribution < -0.4 is 65.1 Å². The summed E-state index contributed by atoms with van der Waals surface area (Å²) < 4.78 is 31.0. The van der Waals surface area contributed by atoms with E-state index in [1.54, 1.807) is 14.2 Å². The van der Waals surface area contributed by atoms with Crippen LogP contribution in [0.25, 0.3) is 0 Å². The van der Waals surface area contributed by atoms with Crippen molar-refractivity contribution >= 4 is 23.7 Å². The highest BCUT2D eigenvalue weighted by molar-refractivity contribution is 6.01. The average Bonchev–Trinajstić information content (AvgIpc) is 3.65. The molecule has 0 aromatic heterocycles. The third-order valence-electron chi connectivity index (χ3n) is 9.13. The lowest BCUT2D eigenvalue weighted by Crippen LogP contribution is -2.37. The number of nitrogens with one attached hydrogen (secondary N) is 9. The lowest BCUT2D eigenvalue weighted by atomic mass is 10.2. The minimum absolute atomic E-state index is 0.102. The molecular formula is C44H97N13O11. The molecule has 0 aliphatic carbocycles. The van der Waals surface area contributed by atoms with Gasteiger partial charge in [-0.05, 0) is 25.7 Å². The SMILES string of the molecule is COCCOCCOCCCCC(=O)NCCNCCNCCNCCNCCN.COCCOCCOCCCCC(=O)ON1C(=O)CCC1=O.NCCNCCNCCNCCNCCN. The summed E-state index contributed by atoms with van der Waals surface area (Å²) in [6, 6.07) is 0. The van der Waals surface area contributed by atoms with Crippen LogP contribution in [0.5, 0.6) is 0 Å². The molecule has 1 fully saturated rings. The highest BCUT2D eigenvalue weighted by Crippen LogP contribution is 2.13. The van der Waals surface area contributed by atoms with E-state index < -0.39 is 17.8 Å². The molecule has 15 N–H and O–H groups in total. The van der Waals surface area contributed by atoms with Crippen molar-refractivity contribution in [2.75, 3.05) is 211 Å². The number of hydroxylamine groups is 2. The number of ether oxygens (including phenoxy) is 6. The van der Waals surface area contributed by atoms with Crippen LogP contribution in [0.15, 0.2) is 0 Å². The Kier molecular flexibility index (Phi) is 58.3. The molecule has 1 rings (SSSR count). The Hall–Kier alpha value is -2.60. The van der Waals surface area contributed by atoms with Gasteiger partial charge in [0.05, 0.1) is 52.9 Å². The first-order chi connectivity index (χ1) is 33.4. The first kappa shape index (κ1) is 67.5. The number of carbonyl (C=O) groups excluding carboxylic acids is 4. The van der Waals surface area contributed by atoms with Crippen LogP contribution in [0.2, 0.25) is 0 Å². The number of hydrogen-bond acceptors (Lipinski definition) is 22. The molecule has 0 atom stereocenters. The number of methoxy groups -OCH3 is 2. The maximum absolute atomic E-state index is 11.8. The summed E-state index contributed by atoms with van der Waals surface area (Å²) in [5.41, 5.74) is 16.1. The highest BCUT2D eigenvalue weighted by atomic mass is 16.7. The Morgan fingerprint density at radius 1 is 0.426 bits per heavy atom. The smallest absolute Gasteiger partial charge is 0.333 e. The second kappa shape index (κ2) is 58.7. The number of hydrogen-bond donors (Lipinski definition) is 12. The zero-order valence-corrected chi connectivity index (χ0v) is 42.0. The van der Waals surface area contributed by atoms with Gasteiger partial charge < -0.3 is 98.3 Å². The summed E-state index contributed by atoms with van der Waals surface area (Å²) in [7, 11) is 3.26. The maximum atomic E-state index is 11.8. The van der Waals surface area contributed by atoms with Gasteiger partial charge in [-0.1, -0.05) is 0 Å². The topological polar surface area (TPSA) is 322 Å². The highest BCUT2D eigenvalue weighted by Gasteiger charge is 2.32. The molecule has 68 heavy (non-hydrogen) atoms. The van der Waals surface area contributed by atoms with Crippen LogP contribution in [0.1, 0.15) is 51.4 Å². The Balaban J connectivity index is 0. The van der Waals surface area contributed by atoms with E-state index >= 15 is 0 Å². The lowest BCUT2D eigenvalue weighted by molar-refractivity contribution is -0.197. The predicted molar refractivity (Wildman–Crippen MR) is 265 cm³/mol. The Morgan fingerprint density at radius 2 is 0.735 bits per heavy atom. The van der Waals surface area contributed by atoms with Gasteiger partial charge in [-0.2, -0.15) is 0 Å². The molecule has 1 aliphatic heterocycles. The average molecular weight is 984 g/mol. The van der Waals surface area contributed by atoms with Crippen molar-refractivity contribution in [1.29, 1.82) is 0 Å². The van der Waals surface area contributed by atoms with E-state index in [4.69, 9.17) is 50.5 Å². The van der Waals surface area contributed by atoms with Gasteiger partial charge in [0, 0.05) is 184 Å². The number of unbranched alkanes of at least 4 members (excludes halogenated alkanes) is 2. The van der Waals surface area contributed by atoms with E-state index in [1.807, 2.05) is 0 Å². The fourth-order valence-corrected chi connectivity index (χ4v) is 5.44. The van der Waals surface area contributed by atoms with E-state index in [9.17, 15) is 19.2 Å². The maximum Gasteiger partial charge on any atom is 0.333 e. The summed E-state index contributed by atoms with van der Waals surface area (Å²) in [6.07, 6.45) is 3.88. The molecule has 0 unspecified atom stereocenters. The number of nitrogens with two attached hydrogens (primary N) is 3. The first-order valence-corrected chi connectivity index (χ1v) is 24.8. The van der Waals surface area contributed by atoms with Crippen molar-refractivity contribution < 1.29 is 52.4 Å². The van der Waals surface area contributed by atoms with E-state index in [0.717, 1.165) is 118 Å². The van der Waals surface area contributed by atoms with Gasteiger partial charge in [-0.3, -0.25) is 14.4 Å². The molecule has 1 heterocycles. The molecule has 1 aliphatic rings. The van der Waals surface area contributed by atoms with Gasteiger partial charge >= 0.3 is 5.97 Å². The molecule has 0 bridgehead atoms. The van der Waals surface area contributed by atoms with Crippen LogP contribution in [0.3, 0.4) is 0 Å². The largest absolute Gasteiger partial charge is 0.382 e. The summed E-state index contributed by atoms with van der Waals surface area (Å²) >= 11 is 0. The van der Waals surface area contributed by atoms with Gasteiger partial charge in [-0.15, -0.1) is 5.06 Å². The van der Waals surface area contributed by atoms with Gasteiger partial charge in [0.2, 0.25) is 5.91 Å². The molecule has 0 saturated carbocycles. The monoisotopic (exact) mass is 984 g/mol. The van der Waals surface area contributed by atoms with Crippen molar-refractivity contribution in [2.24, 2.45) is 17.2 Å². The molecule has 3 amide bonds. The van der Waals surface area contributed by atoms with E-state index in [2.05, 4.69) is 47.9 Å². The minimum atomic E-state index is -0.577. The fourth-order valence-electron chi connectivity index (χ4n) is 5.44. The van der Waals surface area contributed by atoms with Crippen LogP contribution in [-0.4, -0.2) is 240 Å². The Bertz CT molecular complexity index is 1070. The summed E-state index contributed by atoms with van der Waals surface area (Å²) in [5.74, 6) is -1.40. The second-order valence-corrected chi connectivity index (χ2v) is 15.1. The van der Waals surface area contributed by atoms with E-state index in [1.165, 1.54) is 0 Å². The number of rotatable bonds is 50. The fraction of sp³-hybridized carbons (Fsp3) is 0.909. The Labute approximate surface area is 408 Å². The van der Waals surface area contributed by atoms with Crippen LogP contribution in [0, 0.1) is 0 Å². The van der Waals surface area contributed by atoms with E-state index in [0.29, 0.717) is 117 Å². The molecule has 1 saturated heterocycles. The third-order valence-corrected chi connectivity index (χ3v) is 9.13. The molecule has 404 valence electrons. The molecule has 24 nitrogen and oxygen atoms in total. The number of amides is 3. The molecule has 24 heteroatoms. The van der Waals surface area contributed by atoms with Crippen LogP contribution in [0.4, 0.5) is 0 Å². The van der Waals surface area contributed by atoms with Gasteiger partial charge in [0.1, 0.15) is 0 Å². The van der Waals surface area contributed by atoms with Gasteiger partial charge in [0.25, 0.3) is 11.8 Å². The zero-order chi connectivity index (χ0) is 50.1. The number of imide groups is 1. The summed E-state index contributed by atoms with van der Waals surface area (Å²) in [4.78, 5) is 50.5. The predicted octanol–water partition coefficient (Wildman–Crippen LogP) is -4.02. The molecule has 0 spiro atoms. The van der Waals surface area contributed by atoms with Crippen LogP contribution >= 0.6 is 0 Å². The molecule has 0 aromatic rings. The summed E-state index contributed by atoms with van der Waals surface area (Å²) in [6.45, 7) is 23.4. The van der Waals surface area contributed by atoms with Crippen molar-refractivity contribution in [3.63, 3.8) is 0 Å². The second-order valence-electron chi connectivity index (χ2n) is 15.1. The zero-order valence-electron chi connectivity index (χ0n) is 42.0. The Morgan fingerprint density at radius 3 is 1.09 bits per heavy atom. The minimum Gasteiger partial charge on any atom is -0.382 e. The first-order valence-electron chi connectivity index (χ1n) is 24.8. The third kappa shape index (κ3) is 54.3.